The summed E-state index contributed by atoms with van der Waals surface area (Å²) in [6.07, 6.45) is -3.15. The van der Waals surface area contributed by atoms with Crippen molar-refractivity contribution in [3.63, 3.8) is 0 Å². The van der Waals surface area contributed by atoms with Crippen LogP contribution in [0.3, 0.4) is 0 Å². The molecule has 1 aliphatic heterocycles. The molecule has 0 bridgehead atoms. The first-order chi connectivity index (χ1) is 23.5. The van der Waals surface area contributed by atoms with E-state index in [1.54, 1.807) is 103 Å². The number of nitriles is 1. The molecule has 0 saturated carbocycles. The maximum absolute atomic E-state index is 12.5. The van der Waals surface area contributed by atoms with Crippen LogP contribution in [0.25, 0.3) is 10.8 Å². The first-order valence-corrected chi connectivity index (χ1v) is 14.5. The van der Waals surface area contributed by atoms with E-state index in [0.717, 1.165) is 0 Å². The van der Waals surface area contributed by atoms with E-state index in [1.807, 2.05) is 6.07 Å². The number of pyridine rings is 1. The summed E-state index contributed by atoms with van der Waals surface area (Å²) in [4.78, 5) is 43.1. The molecule has 13 nitrogen and oxygen atoms in total. The zero-order valence-electron chi connectivity index (χ0n) is 25.7. The van der Waals surface area contributed by atoms with Crippen LogP contribution in [0.5, 0.6) is 0 Å². The molecule has 5 aromatic rings. The van der Waals surface area contributed by atoms with Crippen LogP contribution in [0.4, 0.5) is 0 Å². The van der Waals surface area contributed by atoms with Crippen LogP contribution in [0, 0.1) is 11.3 Å². The van der Waals surface area contributed by atoms with E-state index in [0.29, 0.717) is 33.0 Å². The first-order valence-electron chi connectivity index (χ1n) is 14.5. The molecule has 4 atom stereocenters. The summed E-state index contributed by atoms with van der Waals surface area (Å²) >= 11 is 0. The fourth-order valence-electron chi connectivity index (χ4n) is 4.38. The molecule has 49 heavy (non-hydrogen) atoms. The van der Waals surface area contributed by atoms with Gasteiger partial charge in [0.05, 0.1) is 34.9 Å². The Balaban J connectivity index is 0.000000199. The third kappa shape index (κ3) is 10.4. The molecule has 1 aliphatic rings. The number of hydrogen-bond donors (Lipinski definition) is 6. The molecule has 1 fully saturated rings. The van der Waals surface area contributed by atoms with Gasteiger partial charge in [0.2, 0.25) is 0 Å². The topological polar surface area (TPSA) is 228 Å². The fourth-order valence-corrected chi connectivity index (χ4v) is 4.38. The smallest absolute Gasteiger partial charge is 0.335 e. The van der Waals surface area contributed by atoms with E-state index in [1.165, 1.54) is 22.9 Å². The molecule has 1 aromatic heterocycles. The van der Waals surface area contributed by atoms with Crippen molar-refractivity contribution in [2.45, 2.75) is 24.5 Å². The van der Waals surface area contributed by atoms with Crippen molar-refractivity contribution >= 4 is 28.7 Å². The number of rotatable bonds is 5. The second-order valence-corrected chi connectivity index (χ2v) is 10.2. The summed E-state index contributed by atoms with van der Waals surface area (Å²) in [6, 6.07) is 33.2. The number of aromatic nitrogens is 1. The van der Waals surface area contributed by atoms with Gasteiger partial charge in [0.25, 0.3) is 5.56 Å². The highest BCUT2D eigenvalue weighted by molar-refractivity contribution is 5.88. The van der Waals surface area contributed by atoms with Gasteiger partial charge in [-0.25, -0.2) is 14.4 Å². The zero-order valence-corrected chi connectivity index (χ0v) is 25.7. The quantitative estimate of drug-likeness (QED) is 0.158. The van der Waals surface area contributed by atoms with Crippen molar-refractivity contribution in [1.29, 1.82) is 5.26 Å². The number of carboxylic acid groups (broad SMARTS) is 3. The van der Waals surface area contributed by atoms with E-state index in [2.05, 4.69) is 0 Å². The van der Waals surface area contributed by atoms with E-state index in [4.69, 9.17) is 30.4 Å². The van der Waals surface area contributed by atoms with Crippen molar-refractivity contribution in [2.75, 3.05) is 6.61 Å². The molecule has 2 heterocycles. The Hall–Kier alpha value is -6.17. The van der Waals surface area contributed by atoms with E-state index in [-0.39, 0.29) is 0 Å². The summed E-state index contributed by atoms with van der Waals surface area (Å²) in [5.41, 5.74) is 1.03. The van der Waals surface area contributed by atoms with Crippen LogP contribution in [0.15, 0.2) is 126 Å². The largest absolute Gasteiger partial charge is 0.478 e. The molecule has 0 amide bonds. The van der Waals surface area contributed by atoms with Gasteiger partial charge in [0.1, 0.15) is 18.3 Å². The van der Waals surface area contributed by atoms with Crippen molar-refractivity contribution < 1.29 is 49.8 Å². The van der Waals surface area contributed by atoms with Gasteiger partial charge in [0.15, 0.2) is 6.23 Å². The van der Waals surface area contributed by atoms with Crippen LogP contribution >= 0.6 is 0 Å². The van der Waals surface area contributed by atoms with Gasteiger partial charge < -0.3 is 35.4 Å². The highest BCUT2D eigenvalue weighted by Gasteiger charge is 2.43. The van der Waals surface area contributed by atoms with Gasteiger partial charge in [-0.2, -0.15) is 5.26 Å². The second kappa shape index (κ2) is 18.2. The van der Waals surface area contributed by atoms with Crippen molar-refractivity contribution in [2.24, 2.45) is 0 Å². The van der Waals surface area contributed by atoms with Gasteiger partial charge in [-0.1, -0.05) is 54.6 Å². The second-order valence-electron chi connectivity index (χ2n) is 10.2. The molecule has 0 radical (unpaired) electrons. The highest BCUT2D eigenvalue weighted by atomic mass is 16.6. The lowest BCUT2D eigenvalue weighted by atomic mass is 10.1. The van der Waals surface area contributed by atoms with E-state index < -0.39 is 54.6 Å². The minimum atomic E-state index is -1.31. The Morgan fingerprint density at radius 2 is 1.14 bits per heavy atom. The van der Waals surface area contributed by atoms with Crippen LogP contribution < -0.4 is 5.56 Å². The molecule has 0 aliphatic carbocycles. The first kappa shape index (κ1) is 37.3. The lowest BCUT2D eigenvalue weighted by Gasteiger charge is -2.18. The number of aromatic carboxylic acids is 3. The highest BCUT2D eigenvalue weighted by Crippen LogP contribution is 2.28. The molecule has 6 N–H and O–H groups in total. The van der Waals surface area contributed by atoms with Crippen LogP contribution in [-0.4, -0.2) is 78.0 Å². The summed E-state index contributed by atoms with van der Waals surface area (Å²) in [5, 5.41) is 63.9. The number of hydrogen-bond acceptors (Lipinski definition) is 9. The molecule has 252 valence electrons. The van der Waals surface area contributed by atoms with Crippen molar-refractivity contribution in [3.8, 4) is 6.07 Å². The maximum Gasteiger partial charge on any atom is 0.335 e. The Bertz CT molecular complexity index is 1830. The number of nitrogens with zero attached hydrogens (tertiary/aromatic N) is 2. The monoisotopic (exact) mass is 668 g/mol. The molecular formula is C36H32N2O11. The van der Waals surface area contributed by atoms with Gasteiger partial charge in [-0.05, 0) is 66.0 Å². The molecule has 0 unspecified atom stereocenters. The number of benzene rings is 4. The number of aliphatic hydroxyl groups is 3. The average Bonchev–Trinajstić information content (AvgIpc) is 3.42. The van der Waals surface area contributed by atoms with Crippen molar-refractivity contribution in [3.05, 3.63) is 154 Å². The Morgan fingerprint density at radius 1 is 0.694 bits per heavy atom. The van der Waals surface area contributed by atoms with Gasteiger partial charge >= 0.3 is 17.9 Å². The van der Waals surface area contributed by atoms with E-state index in [9.17, 15) is 29.4 Å². The molecule has 13 heteroatoms. The lowest BCUT2D eigenvalue weighted by molar-refractivity contribution is -0.0541. The molecular weight excluding hydrogens is 636 g/mol. The Kier molecular flexibility index (Phi) is 13.9. The normalized spacial score (nSPS) is 17.4. The average molecular weight is 669 g/mol. The standard InChI is InChI=1S/C15H14N2O5.3C7H6O2/c16-6-8-1-2-10-9(5-8)3-4-17(14(10)21)15-13(20)12(19)11(7-18)22-15;3*8-7(9)6-4-2-1-3-5-6/h1-5,11-13,15,18-20H,7H2;3*1-5H,(H,8,9)/t11-,12-,13-,15-;;;/m1.../s1. The van der Waals surface area contributed by atoms with Gasteiger partial charge in [-0.3, -0.25) is 9.36 Å². The predicted octanol–water partition coefficient (Wildman–Crippen LogP) is 3.64. The predicted molar refractivity (Wildman–Crippen MR) is 176 cm³/mol. The summed E-state index contributed by atoms with van der Waals surface area (Å²) in [7, 11) is 0. The number of carbonyl (C=O) groups is 3. The lowest BCUT2D eigenvalue weighted by Crippen LogP contribution is -2.35. The molecule has 6 rings (SSSR count). The summed E-state index contributed by atoms with van der Waals surface area (Å²) < 4.78 is 6.53. The van der Waals surface area contributed by atoms with Gasteiger partial charge in [-0.15, -0.1) is 0 Å². The molecule has 1 saturated heterocycles. The maximum atomic E-state index is 12.5. The Morgan fingerprint density at radius 3 is 1.49 bits per heavy atom. The van der Waals surface area contributed by atoms with E-state index >= 15 is 0 Å². The third-order valence-electron chi connectivity index (χ3n) is 6.91. The molecule has 0 spiro atoms. The summed E-state index contributed by atoms with van der Waals surface area (Å²) in [5.74, 6) is -2.64. The SMILES string of the molecule is N#Cc1ccc2c(=O)n([C@@H]3O[C@H](CO)[C@@H](O)[C@H]3O)ccc2c1.O=C(O)c1ccccc1.O=C(O)c1ccccc1.O=C(O)c1ccccc1. The molecule has 4 aromatic carbocycles. The van der Waals surface area contributed by atoms with Gasteiger partial charge in [0, 0.05) is 11.6 Å². The van der Waals surface area contributed by atoms with Crippen LogP contribution in [0.1, 0.15) is 42.9 Å². The number of fused-ring (bicyclic) bond motifs is 1. The minimum absolute atomic E-state index is 0.331. The number of aliphatic hydroxyl groups excluding tert-OH is 3. The number of ether oxygens (including phenoxy) is 1. The summed E-state index contributed by atoms with van der Waals surface area (Å²) in [6.45, 7) is -0.456. The minimum Gasteiger partial charge on any atom is -0.478 e. The van der Waals surface area contributed by atoms with Crippen LogP contribution in [-0.2, 0) is 4.74 Å². The van der Waals surface area contributed by atoms with Crippen LogP contribution in [0.2, 0.25) is 0 Å². The fraction of sp³-hybridized carbons (Fsp3) is 0.139. The number of carboxylic acids is 3. The van der Waals surface area contributed by atoms with Crippen molar-refractivity contribution in [1.82, 2.24) is 4.57 Å². The third-order valence-corrected chi connectivity index (χ3v) is 6.91. The Labute approximate surface area is 279 Å². The zero-order chi connectivity index (χ0) is 35.9.